The van der Waals surface area contributed by atoms with Crippen LogP contribution in [-0.4, -0.2) is 42.0 Å². The molecule has 1 fully saturated rings. The van der Waals surface area contributed by atoms with Crippen LogP contribution in [0.15, 0.2) is 36.4 Å². The Hall–Kier alpha value is -2.44. The molecule has 37 heavy (non-hydrogen) atoms. The van der Waals surface area contributed by atoms with E-state index in [-0.39, 0.29) is 30.8 Å². The zero-order valence-electron chi connectivity index (χ0n) is 22.0. The highest BCUT2D eigenvalue weighted by Crippen LogP contribution is 2.30. The third kappa shape index (κ3) is 8.02. The van der Waals surface area contributed by atoms with Gasteiger partial charge in [-0.1, -0.05) is 55.1 Å². The van der Waals surface area contributed by atoms with Gasteiger partial charge in [-0.15, -0.1) is 0 Å². The second-order valence-electron chi connectivity index (χ2n) is 9.28. The largest absolute Gasteiger partial charge is 0.490 e. The lowest BCUT2D eigenvalue weighted by molar-refractivity contribution is -0.141. The molecule has 1 N–H and O–H groups in total. The number of carbonyl (C=O) groups excluding carboxylic acids is 2. The smallest absolute Gasteiger partial charge is 0.243 e. The van der Waals surface area contributed by atoms with Crippen LogP contribution >= 0.6 is 23.2 Å². The van der Waals surface area contributed by atoms with Crippen LogP contribution in [0.4, 0.5) is 0 Å². The lowest BCUT2D eigenvalue weighted by Gasteiger charge is -2.32. The van der Waals surface area contributed by atoms with Crippen molar-refractivity contribution < 1.29 is 19.1 Å². The van der Waals surface area contributed by atoms with E-state index in [4.69, 9.17) is 32.7 Å². The molecule has 1 aliphatic rings. The minimum absolute atomic E-state index is 0.120. The van der Waals surface area contributed by atoms with Gasteiger partial charge in [-0.3, -0.25) is 9.59 Å². The molecule has 0 saturated heterocycles. The SMILES string of the molecule is CCOc1ccc(CCC(=O)N(Cc2c(Cl)cccc2Cl)[C@@H](CC)C(=O)NC2CCCC2)cc1OCC. The van der Waals surface area contributed by atoms with Gasteiger partial charge in [-0.2, -0.15) is 0 Å². The molecule has 2 aromatic carbocycles. The van der Waals surface area contributed by atoms with Crippen molar-refractivity contribution in [2.45, 2.75) is 84.3 Å². The number of ether oxygens (including phenoxy) is 2. The molecule has 0 bridgehead atoms. The number of hydrogen-bond acceptors (Lipinski definition) is 4. The second kappa shape index (κ2) is 14.5. The normalized spacial score (nSPS) is 14.3. The predicted molar refractivity (Wildman–Crippen MR) is 149 cm³/mol. The number of rotatable bonds is 13. The van der Waals surface area contributed by atoms with Crippen LogP contribution in [0.3, 0.4) is 0 Å². The summed E-state index contributed by atoms with van der Waals surface area (Å²) in [5.74, 6) is 1.10. The number of hydrogen-bond donors (Lipinski definition) is 1. The van der Waals surface area contributed by atoms with E-state index in [0.29, 0.717) is 53.2 Å². The van der Waals surface area contributed by atoms with Crippen LogP contribution in [0.2, 0.25) is 10.0 Å². The van der Waals surface area contributed by atoms with E-state index in [1.165, 1.54) is 0 Å². The minimum Gasteiger partial charge on any atom is -0.490 e. The van der Waals surface area contributed by atoms with Gasteiger partial charge >= 0.3 is 0 Å². The van der Waals surface area contributed by atoms with Gasteiger partial charge < -0.3 is 19.7 Å². The highest BCUT2D eigenvalue weighted by atomic mass is 35.5. The first-order valence-electron chi connectivity index (χ1n) is 13.3. The topological polar surface area (TPSA) is 67.9 Å². The quantitative estimate of drug-likeness (QED) is 0.306. The molecule has 0 radical (unpaired) electrons. The Bertz CT molecular complexity index is 1040. The molecular weight excluding hydrogens is 511 g/mol. The molecule has 1 saturated carbocycles. The summed E-state index contributed by atoms with van der Waals surface area (Å²) in [5, 5.41) is 4.12. The summed E-state index contributed by atoms with van der Waals surface area (Å²) in [5.41, 5.74) is 1.60. The fourth-order valence-electron chi connectivity index (χ4n) is 4.79. The summed E-state index contributed by atoms with van der Waals surface area (Å²) >= 11 is 12.9. The van der Waals surface area contributed by atoms with Crippen molar-refractivity contribution in [1.82, 2.24) is 10.2 Å². The molecule has 0 aliphatic heterocycles. The van der Waals surface area contributed by atoms with Crippen molar-refractivity contribution in [2.75, 3.05) is 13.2 Å². The molecule has 2 aromatic rings. The van der Waals surface area contributed by atoms with Gasteiger partial charge in [0.25, 0.3) is 0 Å². The van der Waals surface area contributed by atoms with Crippen molar-refractivity contribution in [3.63, 3.8) is 0 Å². The number of nitrogens with zero attached hydrogens (tertiary/aromatic N) is 1. The van der Waals surface area contributed by atoms with Crippen LogP contribution in [0.5, 0.6) is 11.5 Å². The predicted octanol–water partition coefficient (Wildman–Crippen LogP) is 6.59. The van der Waals surface area contributed by atoms with E-state index >= 15 is 0 Å². The van der Waals surface area contributed by atoms with Crippen molar-refractivity contribution in [3.8, 4) is 11.5 Å². The lowest BCUT2D eigenvalue weighted by Crippen LogP contribution is -2.51. The highest BCUT2D eigenvalue weighted by molar-refractivity contribution is 6.36. The van der Waals surface area contributed by atoms with Crippen molar-refractivity contribution in [2.24, 2.45) is 0 Å². The summed E-state index contributed by atoms with van der Waals surface area (Å²) in [7, 11) is 0. The van der Waals surface area contributed by atoms with E-state index in [2.05, 4.69) is 5.32 Å². The van der Waals surface area contributed by atoms with Gasteiger partial charge in [0.2, 0.25) is 11.8 Å². The molecule has 8 heteroatoms. The van der Waals surface area contributed by atoms with E-state index in [0.717, 1.165) is 31.2 Å². The fourth-order valence-corrected chi connectivity index (χ4v) is 5.30. The first-order valence-corrected chi connectivity index (χ1v) is 14.0. The first-order chi connectivity index (χ1) is 17.9. The Balaban J connectivity index is 1.81. The molecule has 6 nitrogen and oxygen atoms in total. The third-order valence-electron chi connectivity index (χ3n) is 6.71. The van der Waals surface area contributed by atoms with Crippen LogP contribution in [-0.2, 0) is 22.6 Å². The summed E-state index contributed by atoms with van der Waals surface area (Å²) in [4.78, 5) is 28.6. The van der Waals surface area contributed by atoms with Crippen molar-refractivity contribution in [1.29, 1.82) is 0 Å². The molecule has 3 rings (SSSR count). The van der Waals surface area contributed by atoms with Crippen molar-refractivity contribution in [3.05, 3.63) is 57.6 Å². The molecule has 0 heterocycles. The van der Waals surface area contributed by atoms with Crippen LogP contribution < -0.4 is 14.8 Å². The molecule has 0 aromatic heterocycles. The Kier molecular flexibility index (Phi) is 11.4. The highest BCUT2D eigenvalue weighted by Gasteiger charge is 2.31. The fraction of sp³-hybridized carbons (Fsp3) is 0.517. The third-order valence-corrected chi connectivity index (χ3v) is 7.42. The zero-order valence-corrected chi connectivity index (χ0v) is 23.5. The number of nitrogens with one attached hydrogen (secondary N) is 1. The Labute approximate surface area is 230 Å². The maximum Gasteiger partial charge on any atom is 0.243 e. The minimum atomic E-state index is -0.611. The Morgan fingerprint density at radius 2 is 1.65 bits per heavy atom. The molecule has 1 aliphatic carbocycles. The van der Waals surface area contributed by atoms with Crippen LogP contribution in [0.25, 0.3) is 0 Å². The Morgan fingerprint density at radius 1 is 1.00 bits per heavy atom. The summed E-state index contributed by atoms with van der Waals surface area (Å²) in [6, 6.07) is 10.6. The lowest BCUT2D eigenvalue weighted by atomic mass is 10.0. The second-order valence-corrected chi connectivity index (χ2v) is 10.1. The molecule has 0 spiro atoms. The van der Waals surface area contributed by atoms with Gasteiger partial charge in [-0.25, -0.2) is 0 Å². The molecule has 202 valence electrons. The van der Waals surface area contributed by atoms with Gasteiger partial charge in [-0.05, 0) is 69.4 Å². The average Bonchev–Trinajstić information content (AvgIpc) is 3.39. The van der Waals surface area contributed by atoms with Crippen LogP contribution in [0, 0.1) is 0 Å². The maximum atomic E-state index is 13.7. The number of aryl methyl sites for hydroxylation is 1. The molecule has 0 unspecified atom stereocenters. The van der Waals surface area contributed by atoms with Gasteiger partial charge in [0.1, 0.15) is 6.04 Å². The maximum absolute atomic E-state index is 13.7. The average molecular weight is 550 g/mol. The van der Waals surface area contributed by atoms with Gasteiger partial charge in [0, 0.05) is 34.6 Å². The molecule has 2 amide bonds. The number of amides is 2. The molecule has 1 atom stereocenters. The number of halogens is 2. The first kappa shape index (κ1) is 29.1. The van der Waals surface area contributed by atoms with Gasteiger partial charge in [0.15, 0.2) is 11.5 Å². The van der Waals surface area contributed by atoms with Crippen molar-refractivity contribution >= 4 is 35.0 Å². The Morgan fingerprint density at radius 3 is 2.27 bits per heavy atom. The number of carbonyl (C=O) groups is 2. The van der Waals surface area contributed by atoms with E-state index in [1.54, 1.807) is 23.1 Å². The van der Waals surface area contributed by atoms with Gasteiger partial charge in [0.05, 0.1) is 13.2 Å². The van der Waals surface area contributed by atoms with E-state index in [1.807, 2.05) is 39.0 Å². The standard InChI is InChI=1S/C29H38Cl2N2O4/c1-4-25(29(35)32-21-10-7-8-11-21)33(19-22-23(30)12-9-13-24(22)31)28(34)17-15-20-14-16-26(36-5-2)27(18-20)37-6-3/h9,12-14,16,18,21,25H,4-8,10-11,15,17,19H2,1-3H3,(H,32,35)/t25-/m0/s1. The summed E-state index contributed by atoms with van der Waals surface area (Å²) < 4.78 is 11.4. The van der Waals surface area contributed by atoms with E-state index in [9.17, 15) is 9.59 Å². The summed E-state index contributed by atoms with van der Waals surface area (Å²) in [6.07, 6.45) is 5.41. The zero-order chi connectivity index (χ0) is 26.8. The monoisotopic (exact) mass is 548 g/mol. The summed E-state index contributed by atoms with van der Waals surface area (Å²) in [6.45, 7) is 7.00. The van der Waals surface area contributed by atoms with Crippen LogP contribution in [0.1, 0.15) is 70.4 Å². The number of benzene rings is 2. The van der Waals surface area contributed by atoms with E-state index < -0.39 is 6.04 Å². The molecular formula is C29H38Cl2N2O4.